The largest absolute Gasteiger partial charge is 0.469 e. The summed E-state index contributed by atoms with van der Waals surface area (Å²) in [5, 5.41) is 0. The topological polar surface area (TPSA) is 72.5 Å². The molecule has 0 aliphatic heterocycles. The van der Waals surface area contributed by atoms with Gasteiger partial charge in [0, 0.05) is 17.7 Å². The maximum atomic E-state index is 11.7. The number of rotatable bonds is 8. The number of ether oxygens (including phenoxy) is 1. The van der Waals surface area contributed by atoms with E-state index < -0.39 is 10.0 Å². The Kier molecular flexibility index (Phi) is 5.94. The first-order chi connectivity index (χ1) is 8.43. The Balaban J connectivity index is 2.29. The van der Waals surface area contributed by atoms with Crippen molar-refractivity contribution >= 4 is 27.8 Å². The van der Waals surface area contributed by atoms with Crippen LogP contribution < -0.4 is 4.72 Å². The molecule has 1 fully saturated rings. The van der Waals surface area contributed by atoms with Crippen LogP contribution >= 0.6 is 11.8 Å². The third kappa shape index (κ3) is 4.78. The van der Waals surface area contributed by atoms with Gasteiger partial charge in [0.25, 0.3) is 0 Å². The van der Waals surface area contributed by atoms with Gasteiger partial charge < -0.3 is 4.74 Å². The van der Waals surface area contributed by atoms with E-state index in [0.29, 0.717) is 13.0 Å². The van der Waals surface area contributed by atoms with Crippen LogP contribution in [0.3, 0.4) is 0 Å². The summed E-state index contributed by atoms with van der Waals surface area (Å²) in [5.41, 5.74) is 0. The second-order valence-electron chi connectivity index (χ2n) is 4.56. The van der Waals surface area contributed by atoms with Gasteiger partial charge in [0.15, 0.2) is 0 Å². The standard InChI is InChI=1S/C11H21NO4S2/c1-16-10(13)5-3-8-18(14,15)12-9-11(17-2)6-4-7-11/h12H,3-9H2,1-2H3. The molecule has 0 aromatic heterocycles. The molecular formula is C11H21NO4S2. The minimum Gasteiger partial charge on any atom is -0.469 e. The van der Waals surface area contributed by atoms with Crippen LogP contribution in [0.25, 0.3) is 0 Å². The summed E-state index contributed by atoms with van der Waals surface area (Å²) in [4.78, 5) is 10.9. The lowest BCUT2D eigenvalue weighted by Gasteiger charge is -2.40. The number of sulfonamides is 1. The van der Waals surface area contributed by atoms with Gasteiger partial charge >= 0.3 is 5.97 Å². The van der Waals surface area contributed by atoms with Crippen LogP contribution in [-0.4, -0.2) is 44.8 Å². The summed E-state index contributed by atoms with van der Waals surface area (Å²) in [6.07, 6.45) is 5.77. The third-order valence-electron chi connectivity index (χ3n) is 3.33. The van der Waals surface area contributed by atoms with Gasteiger partial charge in [0.05, 0.1) is 12.9 Å². The highest BCUT2D eigenvalue weighted by Crippen LogP contribution is 2.42. The summed E-state index contributed by atoms with van der Waals surface area (Å²) in [5.74, 6) is -0.392. The minimum atomic E-state index is -3.28. The van der Waals surface area contributed by atoms with Gasteiger partial charge in [-0.2, -0.15) is 11.8 Å². The number of carbonyl (C=O) groups excluding carboxylic acids is 1. The highest BCUT2D eigenvalue weighted by atomic mass is 32.2. The molecule has 18 heavy (non-hydrogen) atoms. The molecule has 0 aromatic carbocycles. The van der Waals surface area contributed by atoms with Gasteiger partial charge in [-0.05, 0) is 25.5 Å². The van der Waals surface area contributed by atoms with Crippen LogP contribution in [0, 0.1) is 0 Å². The van der Waals surface area contributed by atoms with E-state index in [0.717, 1.165) is 12.8 Å². The predicted octanol–water partition coefficient (Wildman–Crippen LogP) is 1.14. The Morgan fingerprint density at radius 1 is 1.44 bits per heavy atom. The van der Waals surface area contributed by atoms with Crippen molar-refractivity contribution < 1.29 is 17.9 Å². The van der Waals surface area contributed by atoms with Crippen LogP contribution in [0.1, 0.15) is 32.1 Å². The number of nitrogens with one attached hydrogen (secondary N) is 1. The maximum Gasteiger partial charge on any atom is 0.305 e. The molecule has 0 spiro atoms. The summed E-state index contributed by atoms with van der Waals surface area (Å²) < 4.78 is 30.7. The zero-order valence-electron chi connectivity index (χ0n) is 10.9. The molecule has 1 N–H and O–H groups in total. The van der Waals surface area contributed by atoms with Crippen molar-refractivity contribution in [3.05, 3.63) is 0 Å². The Bertz CT molecular complexity index is 371. The average Bonchev–Trinajstić information content (AvgIpc) is 2.27. The van der Waals surface area contributed by atoms with Gasteiger partial charge in [-0.25, -0.2) is 13.1 Å². The van der Waals surface area contributed by atoms with Crippen molar-refractivity contribution in [3.8, 4) is 0 Å². The lowest BCUT2D eigenvalue weighted by atomic mass is 9.84. The maximum absolute atomic E-state index is 11.7. The number of methoxy groups -OCH3 is 1. The van der Waals surface area contributed by atoms with Crippen molar-refractivity contribution in [1.29, 1.82) is 0 Å². The highest BCUT2D eigenvalue weighted by Gasteiger charge is 2.36. The molecule has 0 radical (unpaired) electrons. The first-order valence-electron chi connectivity index (χ1n) is 6.02. The van der Waals surface area contributed by atoms with Gasteiger partial charge in [0.1, 0.15) is 0 Å². The molecule has 1 aliphatic rings. The van der Waals surface area contributed by atoms with Crippen molar-refractivity contribution in [3.63, 3.8) is 0 Å². The third-order valence-corrected chi connectivity index (χ3v) is 6.16. The summed E-state index contributed by atoms with van der Waals surface area (Å²) in [6.45, 7) is 0.495. The first kappa shape index (κ1) is 15.8. The minimum absolute atomic E-state index is 0.0213. The molecule has 1 saturated carbocycles. The Labute approximate surface area is 113 Å². The van der Waals surface area contributed by atoms with E-state index in [-0.39, 0.29) is 22.9 Å². The molecule has 0 amide bonds. The van der Waals surface area contributed by atoms with E-state index >= 15 is 0 Å². The molecule has 0 saturated heterocycles. The molecule has 0 bridgehead atoms. The van der Waals surface area contributed by atoms with Gasteiger partial charge in [-0.15, -0.1) is 0 Å². The van der Waals surface area contributed by atoms with E-state index in [1.165, 1.54) is 13.5 Å². The van der Waals surface area contributed by atoms with Crippen molar-refractivity contribution in [2.24, 2.45) is 0 Å². The van der Waals surface area contributed by atoms with Crippen molar-refractivity contribution in [2.45, 2.75) is 36.9 Å². The molecule has 1 aliphatic carbocycles. The molecule has 0 heterocycles. The Morgan fingerprint density at radius 3 is 2.56 bits per heavy atom. The lowest BCUT2D eigenvalue weighted by Crippen LogP contribution is -2.45. The highest BCUT2D eigenvalue weighted by molar-refractivity contribution is 8.00. The van der Waals surface area contributed by atoms with Gasteiger partial charge in [-0.1, -0.05) is 6.42 Å². The second-order valence-corrected chi connectivity index (χ2v) is 7.76. The summed E-state index contributed by atoms with van der Waals surface area (Å²) >= 11 is 1.73. The van der Waals surface area contributed by atoms with Crippen LogP contribution in [0.4, 0.5) is 0 Å². The Hall–Kier alpha value is -0.270. The number of hydrogen-bond donors (Lipinski definition) is 1. The molecular weight excluding hydrogens is 274 g/mol. The van der Waals surface area contributed by atoms with Crippen molar-refractivity contribution in [2.75, 3.05) is 25.7 Å². The second kappa shape index (κ2) is 6.77. The number of thioether (sulfide) groups is 1. The quantitative estimate of drug-likeness (QED) is 0.680. The molecule has 5 nitrogen and oxygen atoms in total. The number of hydrogen-bond acceptors (Lipinski definition) is 5. The summed E-state index contributed by atoms with van der Waals surface area (Å²) in [6, 6.07) is 0. The van der Waals surface area contributed by atoms with E-state index in [1.54, 1.807) is 11.8 Å². The van der Waals surface area contributed by atoms with Crippen LogP contribution in [-0.2, 0) is 19.6 Å². The average molecular weight is 295 g/mol. The first-order valence-corrected chi connectivity index (χ1v) is 8.90. The Morgan fingerprint density at radius 2 is 2.11 bits per heavy atom. The lowest BCUT2D eigenvalue weighted by molar-refractivity contribution is -0.140. The molecule has 7 heteroatoms. The fourth-order valence-corrected chi connectivity index (χ4v) is 4.02. The van der Waals surface area contributed by atoms with Gasteiger partial charge in [-0.3, -0.25) is 4.79 Å². The number of esters is 1. The predicted molar refractivity (Wildman–Crippen MR) is 73.1 cm³/mol. The van der Waals surface area contributed by atoms with Crippen molar-refractivity contribution in [1.82, 2.24) is 4.72 Å². The fourth-order valence-electron chi connectivity index (χ4n) is 1.85. The van der Waals surface area contributed by atoms with Crippen LogP contribution in [0.15, 0.2) is 0 Å². The van der Waals surface area contributed by atoms with Crippen LogP contribution in [0.2, 0.25) is 0 Å². The monoisotopic (exact) mass is 295 g/mol. The molecule has 0 aromatic rings. The SMILES string of the molecule is COC(=O)CCCS(=O)(=O)NCC1(SC)CCC1. The fraction of sp³-hybridized carbons (Fsp3) is 0.909. The van der Waals surface area contributed by atoms with E-state index in [1.807, 2.05) is 6.26 Å². The van der Waals surface area contributed by atoms with E-state index in [9.17, 15) is 13.2 Å². The van der Waals surface area contributed by atoms with E-state index in [4.69, 9.17) is 0 Å². The van der Waals surface area contributed by atoms with Crippen LogP contribution in [0.5, 0.6) is 0 Å². The number of carbonyl (C=O) groups is 1. The molecule has 1 rings (SSSR count). The molecule has 0 unspecified atom stereocenters. The molecule has 0 atom stereocenters. The molecule has 106 valence electrons. The summed E-state index contributed by atoms with van der Waals surface area (Å²) in [7, 11) is -1.98. The smallest absolute Gasteiger partial charge is 0.305 e. The normalized spacial score (nSPS) is 18.1. The van der Waals surface area contributed by atoms with E-state index in [2.05, 4.69) is 9.46 Å². The zero-order chi connectivity index (χ0) is 13.6. The zero-order valence-corrected chi connectivity index (χ0v) is 12.5. The van der Waals surface area contributed by atoms with Gasteiger partial charge in [0.2, 0.25) is 10.0 Å².